The summed E-state index contributed by atoms with van der Waals surface area (Å²) in [6, 6.07) is 11.0. The number of furan rings is 1. The van der Waals surface area contributed by atoms with Gasteiger partial charge in [0, 0.05) is 5.57 Å². The Balaban J connectivity index is 2.52. The lowest BCUT2D eigenvalue weighted by molar-refractivity contribution is -0.136. The largest absolute Gasteiger partial charge is 0.472 e. The normalized spacial score (nSPS) is 13.2. The van der Waals surface area contributed by atoms with E-state index in [0.717, 1.165) is 5.56 Å². The number of hydrogen-bond donors (Lipinski definition) is 0. The predicted octanol–water partition coefficient (Wildman–Crippen LogP) is 3.76. The molecule has 0 saturated heterocycles. The van der Waals surface area contributed by atoms with Crippen LogP contribution in [0.3, 0.4) is 0 Å². The molecule has 114 valence electrons. The standard InChI is InChI=1S/C18H18O4/c1-12(13(2)18(20)21-3)16(14-7-5-4-6-8-14)17(19)15-9-10-22-11-15/h4-11,16H,1-3H3. The third-order valence-electron chi connectivity index (χ3n) is 3.72. The van der Waals surface area contributed by atoms with Gasteiger partial charge in [-0.05, 0) is 31.1 Å². The van der Waals surface area contributed by atoms with Crippen molar-refractivity contribution in [3.05, 3.63) is 71.2 Å². The number of hydrogen-bond acceptors (Lipinski definition) is 4. The molecule has 0 fully saturated rings. The first-order valence-corrected chi connectivity index (χ1v) is 6.93. The molecule has 0 spiro atoms. The third-order valence-corrected chi connectivity index (χ3v) is 3.72. The average molecular weight is 298 g/mol. The highest BCUT2D eigenvalue weighted by molar-refractivity contribution is 6.04. The summed E-state index contributed by atoms with van der Waals surface area (Å²) in [6.07, 6.45) is 2.88. The topological polar surface area (TPSA) is 56.5 Å². The fraction of sp³-hybridized carbons (Fsp3) is 0.222. The Morgan fingerprint density at radius 3 is 2.32 bits per heavy atom. The first kappa shape index (κ1) is 15.8. The van der Waals surface area contributed by atoms with Crippen molar-refractivity contribution in [2.24, 2.45) is 0 Å². The maximum absolute atomic E-state index is 12.8. The van der Waals surface area contributed by atoms with Gasteiger partial charge in [-0.1, -0.05) is 30.3 Å². The molecule has 1 aromatic heterocycles. The van der Waals surface area contributed by atoms with Crippen molar-refractivity contribution in [3.63, 3.8) is 0 Å². The van der Waals surface area contributed by atoms with Gasteiger partial charge in [-0.25, -0.2) is 4.79 Å². The molecule has 2 rings (SSSR count). The second-order valence-electron chi connectivity index (χ2n) is 5.02. The van der Waals surface area contributed by atoms with Crippen molar-refractivity contribution in [1.29, 1.82) is 0 Å². The monoisotopic (exact) mass is 298 g/mol. The molecule has 1 heterocycles. The molecule has 1 atom stereocenters. The molecular weight excluding hydrogens is 280 g/mol. The van der Waals surface area contributed by atoms with Gasteiger partial charge >= 0.3 is 5.97 Å². The number of ketones is 1. The summed E-state index contributed by atoms with van der Waals surface area (Å²) >= 11 is 0. The number of allylic oxidation sites excluding steroid dienone is 1. The molecule has 1 unspecified atom stereocenters. The van der Waals surface area contributed by atoms with Crippen LogP contribution in [0.4, 0.5) is 0 Å². The van der Waals surface area contributed by atoms with Crippen LogP contribution >= 0.6 is 0 Å². The van der Waals surface area contributed by atoms with E-state index < -0.39 is 11.9 Å². The van der Waals surface area contributed by atoms with Gasteiger partial charge < -0.3 is 9.15 Å². The van der Waals surface area contributed by atoms with Crippen LogP contribution in [0.25, 0.3) is 0 Å². The molecule has 0 N–H and O–H groups in total. The van der Waals surface area contributed by atoms with Gasteiger partial charge in [0.05, 0.1) is 24.9 Å². The quantitative estimate of drug-likeness (QED) is 0.479. The van der Waals surface area contributed by atoms with Crippen LogP contribution < -0.4 is 0 Å². The van der Waals surface area contributed by atoms with Gasteiger partial charge in [-0.3, -0.25) is 4.79 Å². The van der Waals surface area contributed by atoms with E-state index in [2.05, 4.69) is 0 Å². The van der Waals surface area contributed by atoms with Gasteiger partial charge in [0.2, 0.25) is 0 Å². The molecule has 0 saturated carbocycles. The summed E-state index contributed by atoms with van der Waals surface area (Å²) in [5, 5.41) is 0. The van der Waals surface area contributed by atoms with Crippen LogP contribution in [-0.2, 0) is 9.53 Å². The zero-order chi connectivity index (χ0) is 16.1. The predicted molar refractivity (Wildman–Crippen MR) is 82.6 cm³/mol. The third kappa shape index (κ3) is 3.17. The van der Waals surface area contributed by atoms with Gasteiger partial charge in [0.15, 0.2) is 5.78 Å². The van der Waals surface area contributed by atoms with E-state index in [4.69, 9.17) is 9.15 Å². The van der Waals surface area contributed by atoms with Gasteiger partial charge in [0.1, 0.15) is 6.26 Å². The van der Waals surface area contributed by atoms with Crippen LogP contribution in [0.5, 0.6) is 0 Å². The number of esters is 1. The van der Waals surface area contributed by atoms with Crippen molar-refractivity contribution in [2.45, 2.75) is 19.8 Å². The molecule has 0 radical (unpaired) electrons. The minimum absolute atomic E-state index is 0.110. The molecular formula is C18H18O4. The fourth-order valence-corrected chi connectivity index (χ4v) is 2.35. The molecule has 2 aromatic rings. The summed E-state index contributed by atoms with van der Waals surface area (Å²) in [7, 11) is 1.33. The highest BCUT2D eigenvalue weighted by Crippen LogP contribution is 2.30. The summed E-state index contributed by atoms with van der Waals surface area (Å²) < 4.78 is 9.76. The van der Waals surface area contributed by atoms with Crippen LogP contribution in [0.15, 0.2) is 64.5 Å². The van der Waals surface area contributed by atoms with E-state index in [0.29, 0.717) is 16.7 Å². The number of carbonyl (C=O) groups is 2. The fourth-order valence-electron chi connectivity index (χ4n) is 2.35. The maximum atomic E-state index is 12.8. The van der Waals surface area contributed by atoms with Gasteiger partial charge in [0.25, 0.3) is 0 Å². The summed E-state index contributed by atoms with van der Waals surface area (Å²) in [5.74, 6) is -1.09. The first-order chi connectivity index (χ1) is 10.6. The van der Waals surface area contributed by atoms with Crippen molar-refractivity contribution < 1.29 is 18.7 Å². The minimum Gasteiger partial charge on any atom is -0.472 e. The molecule has 0 amide bonds. The van der Waals surface area contributed by atoms with Crippen molar-refractivity contribution in [2.75, 3.05) is 7.11 Å². The van der Waals surface area contributed by atoms with E-state index in [-0.39, 0.29) is 5.78 Å². The molecule has 4 nitrogen and oxygen atoms in total. The zero-order valence-electron chi connectivity index (χ0n) is 12.8. The van der Waals surface area contributed by atoms with E-state index in [1.54, 1.807) is 19.9 Å². The summed E-state index contributed by atoms with van der Waals surface area (Å²) in [5.41, 5.74) is 2.41. The molecule has 4 heteroatoms. The second-order valence-corrected chi connectivity index (χ2v) is 5.02. The Morgan fingerprint density at radius 2 is 1.77 bits per heavy atom. The molecule has 22 heavy (non-hydrogen) atoms. The van der Waals surface area contributed by atoms with Crippen LogP contribution in [0, 0.1) is 0 Å². The zero-order valence-corrected chi connectivity index (χ0v) is 12.8. The van der Waals surface area contributed by atoms with E-state index in [9.17, 15) is 9.59 Å². The number of rotatable bonds is 5. The molecule has 1 aromatic carbocycles. The van der Waals surface area contributed by atoms with Gasteiger partial charge in [-0.15, -0.1) is 0 Å². The Kier molecular flexibility index (Phi) is 4.94. The minimum atomic E-state index is -0.544. The van der Waals surface area contributed by atoms with Crippen LogP contribution in [0.1, 0.15) is 35.7 Å². The number of Topliss-reactive ketones (excluding diaryl/α,β-unsaturated/α-hetero) is 1. The first-order valence-electron chi connectivity index (χ1n) is 6.93. The molecule has 0 aliphatic carbocycles. The van der Waals surface area contributed by atoms with Crippen molar-refractivity contribution in [3.8, 4) is 0 Å². The highest BCUT2D eigenvalue weighted by atomic mass is 16.5. The molecule has 0 aliphatic heterocycles. The van der Waals surface area contributed by atoms with Crippen LogP contribution in [0.2, 0.25) is 0 Å². The Morgan fingerprint density at radius 1 is 1.09 bits per heavy atom. The van der Waals surface area contributed by atoms with Crippen LogP contribution in [-0.4, -0.2) is 18.9 Å². The van der Waals surface area contributed by atoms with E-state index in [1.165, 1.54) is 19.6 Å². The van der Waals surface area contributed by atoms with Crippen molar-refractivity contribution in [1.82, 2.24) is 0 Å². The Hall–Kier alpha value is -2.62. The lowest BCUT2D eigenvalue weighted by Gasteiger charge is -2.18. The molecule has 0 aliphatic rings. The summed E-state index contributed by atoms with van der Waals surface area (Å²) in [4.78, 5) is 24.6. The summed E-state index contributed by atoms with van der Waals surface area (Å²) in [6.45, 7) is 3.45. The lowest BCUT2D eigenvalue weighted by Crippen LogP contribution is -2.17. The maximum Gasteiger partial charge on any atom is 0.333 e. The smallest absolute Gasteiger partial charge is 0.333 e. The van der Waals surface area contributed by atoms with E-state index in [1.807, 2.05) is 30.3 Å². The van der Waals surface area contributed by atoms with E-state index >= 15 is 0 Å². The second kappa shape index (κ2) is 6.89. The lowest BCUT2D eigenvalue weighted by atomic mass is 9.84. The number of methoxy groups -OCH3 is 1. The number of benzene rings is 1. The Labute approximate surface area is 129 Å². The van der Waals surface area contributed by atoms with Gasteiger partial charge in [-0.2, -0.15) is 0 Å². The van der Waals surface area contributed by atoms with Crippen molar-refractivity contribution >= 4 is 11.8 Å². The number of ether oxygens (including phenoxy) is 1. The number of carbonyl (C=O) groups excluding carboxylic acids is 2. The highest BCUT2D eigenvalue weighted by Gasteiger charge is 2.27. The Bertz CT molecular complexity index is 681. The average Bonchev–Trinajstić information content (AvgIpc) is 3.09. The molecule has 0 bridgehead atoms. The SMILES string of the molecule is COC(=O)C(C)=C(C)C(C(=O)c1ccoc1)c1ccccc1.